The predicted molar refractivity (Wildman–Crippen MR) is 52.3 cm³/mol. The molecule has 1 N–H and O–H groups in total. The van der Waals surface area contributed by atoms with Crippen LogP contribution in [0.15, 0.2) is 30.9 Å². The maximum atomic E-state index is 10.7. The molecule has 2 nitrogen and oxygen atoms in total. The van der Waals surface area contributed by atoms with Crippen molar-refractivity contribution in [2.45, 2.75) is 6.42 Å². The second-order valence-electron chi connectivity index (χ2n) is 2.58. The SMILES string of the molecule is C=CCc1cccc(C(=O)O)c1Cl. The van der Waals surface area contributed by atoms with Crippen molar-refractivity contribution in [2.24, 2.45) is 0 Å². The van der Waals surface area contributed by atoms with Crippen LogP contribution in [-0.2, 0) is 6.42 Å². The van der Waals surface area contributed by atoms with Crippen molar-refractivity contribution in [2.75, 3.05) is 0 Å². The van der Waals surface area contributed by atoms with E-state index in [0.29, 0.717) is 11.4 Å². The first-order valence-corrected chi connectivity index (χ1v) is 4.16. The van der Waals surface area contributed by atoms with Crippen LogP contribution in [0.2, 0.25) is 5.02 Å². The van der Waals surface area contributed by atoms with Crippen LogP contribution in [0.3, 0.4) is 0 Å². The smallest absolute Gasteiger partial charge is 0.337 e. The first kappa shape index (κ1) is 9.81. The van der Waals surface area contributed by atoms with Crippen LogP contribution in [0.4, 0.5) is 0 Å². The largest absolute Gasteiger partial charge is 0.478 e. The number of hydrogen-bond acceptors (Lipinski definition) is 1. The van der Waals surface area contributed by atoms with Crippen LogP contribution in [0.1, 0.15) is 15.9 Å². The molecule has 1 aromatic rings. The summed E-state index contributed by atoms with van der Waals surface area (Å²) >= 11 is 5.85. The number of aromatic carboxylic acids is 1. The van der Waals surface area contributed by atoms with Crippen molar-refractivity contribution >= 4 is 17.6 Å². The Labute approximate surface area is 81.5 Å². The fourth-order valence-corrected chi connectivity index (χ4v) is 1.34. The van der Waals surface area contributed by atoms with Crippen LogP contribution in [0.5, 0.6) is 0 Å². The van der Waals surface area contributed by atoms with Gasteiger partial charge < -0.3 is 5.11 Å². The van der Waals surface area contributed by atoms with Crippen LogP contribution in [0.25, 0.3) is 0 Å². The highest BCUT2D eigenvalue weighted by Crippen LogP contribution is 2.21. The van der Waals surface area contributed by atoms with Gasteiger partial charge >= 0.3 is 5.97 Å². The van der Waals surface area contributed by atoms with Gasteiger partial charge in [0.05, 0.1) is 10.6 Å². The Kier molecular flexibility index (Phi) is 3.09. The molecule has 13 heavy (non-hydrogen) atoms. The minimum absolute atomic E-state index is 0.140. The lowest BCUT2D eigenvalue weighted by molar-refractivity contribution is 0.0697. The Morgan fingerprint density at radius 2 is 2.31 bits per heavy atom. The van der Waals surface area contributed by atoms with E-state index in [-0.39, 0.29) is 5.56 Å². The first-order chi connectivity index (χ1) is 6.16. The van der Waals surface area contributed by atoms with Crippen molar-refractivity contribution in [1.82, 2.24) is 0 Å². The lowest BCUT2D eigenvalue weighted by Gasteiger charge is -2.03. The molecule has 0 bridgehead atoms. The van der Waals surface area contributed by atoms with Gasteiger partial charge in [-0.2, -0.15) is 0 Å². The zero-order valence-corrected chi connectivity index (χ0v) is 7.71. The van der Waals surface area contributed by atoms with Gasteiger partial charge in [0.15, 0.2) is 0 Å². The summed E-state index contributed by atoms with van der Waals surface area (Å²) in [6.07, 6.45) is 2.27. The van der Waals surface area contributed by atoms with Crippen molar-refractivity contribution in [3.8, 4) is 0 Å². The number of carbonyl (C=O) groups is 1. The fraction of sp³-hybridized carbons (Fsp3) is 0.100. The average Bonchev–Trinajstić information content (AvgIpc) is 2.08. The highest BCUT2D eigenvalue weighted by atomic mass is 35.5. The molecule has 0 aromatic heterocycles. The topological polar surface area (TPSA) is 37.3 Å². The van der Waals surface area contributed by atoms with E-state index in [1.807, 2.05) is 0 Å². The standard InChI is InChI=1S/C10H9ClO2/c1-2-4-7-5-3-6-8(9(7)11)10(12)13/h2-3,5-6H,1,4H2,(H,12,13). The third-order valence-corrected chi connectivity index (χ3v) is 2.12. The average molecular weight is 197 g/mol. The van der Waals surface area contributed by atoms with Crippen molar-refractivity contribution in [3.63, 3.8) is 0 Å². The highest BCUT2D eigenvalue weighted by molar-refractivity contribution is 6.34. The van der Waals surface area contributed by atoms with Crippen molar-refractivity contribution < 1.29 is 9.90 Å². The summed E-state index contributed by atoms with van der Waals surface area (Å²) in [6.45, 7) is 3.57. The van der Waals surface area contributed by atoms with Crippen LogP contribution in [-0.4, -0.2) is 11.1 Å². The predicted octanol–water partition coefficient (Wildman–Crippen LogP) is 2.77. The molecule has 0 amide bonds. The monoisotopic (exact) mass is 196 g/mol. The van der Waals surface area contributed by atoms with Crippen LogP contribution < -0.4 is 0 Å². The maximum absolute atomic E-state index is 10.7. The van der Waals surface area contributed by atoms with E-state index < -0.39 is 5.97 Å². The van der Waals surface area contributed by atoms with Gasteiger partial charge in [-0.05, 0) is 18.1 Å². The minimum atomic E-state index is -1.00. The van der Waals surface area contributed by atoms with E-state index in [4.69, 9.17) is 16.7 Å². The quantitative estimate of drug-likeness (QED) is 0.755. The number of carboxylic acids is 1. The molecule has 0 saturated heterocycles. The molecule has 1 rings (SSSR count). The summed E-state index contributed by atoms with van der Waals surface area (Å²) in [5.41, 5.74) is 0.928. The van der Waals surface area contributed by atoms with Crippen molar-refractivity contribution in [1.29, 1.82) is 0 Å². The Balaban J connectivity index is 3.17. The summed E-state index contributed by atoms with van der Waals surface area (Å²) in [5, 5.41) is 9.05. The Morgan fingerprint density at radius 1 is 1.62 bits per heavy atom. The van der Waals surface area contributed by atoms with Gasteiger partial charge in [-0.1, -0.05) is 29.8 Å². The number of allylic oxidation sites excluding steroid dienone is 1. The van der Waals surface area contributed by atoms with E-state index in [2.05, 4.69) is 6.58 Å². The molecule has 0 saturated carbocycles. The molecule has 1 aromatic carbocycles. The Morgan fingerprint density at radius 3 is 2.85 bits per heavy atom. The molecule has 0 spiro atoms. The minimum Gasteiger partial charge on any atom is -0.478 e. The summed E-state index contributed by atoms with van der Waals surface area (Å²) in [4.78, 5) is 10.7. The number of halogens is 1. The summed E-state index contributed by atoms with van der Waals surface area (Å²) in [6, 6.07) is 4.95. The van der Waals surface area contributed by atoms with Gasteiger partial charge in [-0.3, -0.25) is 0 Å². The molecule has 0 radical (unpaired) electrons. The van der Waals surface area contributed by atoms with Crippen LogP contribution in [0, 0.1) is 0 Å². The number of rotatable bonds is 3. The maximum Gasteiger partial charge on any atom is 0.337 e. The molecular weight excluding hydrogens is 188 g/mol. The van der Waals surface area contributed by atoms with Gasteiger partial charge in [0, 0.05) is 0 Å². The molecule has 0 aliphatic carbocycles. The molecule has 3 heteroatoms. The molecular formula is C10H9ClO2. The fourth-order valence-electron chi connectivity index (χ4n) is 1.06. The lowest BCUT2D eigenvalue weighted by atomic mass is 10.1. The summed E-state index contributed by atoms with van der Waals surface area (Å²) < 4.78 is 0. The Bertz CT molecular complexity index is 345. The second-order valence-corrected chi connectivity index (χ2v) is 2.95. The van der Waals surface area contributed by atoms with Gasteiger partial charge in [0.1, 0.15) is 0 Å². The molecule has 0 aliphatic rings. The third-order valence-electron chi connectivity index (χ3n) is 1.67. The first-order valence-electron chi connectivity index (χ1n) is 3.78. The molecule has 0 aliphatic heterocycles. The van der Waals surface area contributed by atoms with E-state index in [9.17, 15) is 4.79 Å². The molecule has 0 heterocycles. The van der Waals surface area contributed by atoms with Gasteiger partial charge in [-0.25, -0.2) is 4.79 Å². The summed E-state index contributed by atoms with van der Waals surface area (Å²) in [7, 11) is 0. The summed E-state index contributed by atoms with van der Waals surface area (Å²) in [5.74, 6) is -1.00. The van der Waals surface area contributed by atoms with E-state index in [1.54, 1.807) is 18.2 Å². The highest BCUT2D eigenvalue weighted by Gasteiger charge is 2.10. The van der Waals surface area contributed by atoms with E-state index >= 15 is 0 Å². The van der Waals surface area contributed by atoms with Crippen molar-refractivity contribution in [3.05, 3.63) is 47.0 Å². The van der Waals surface area contributed by atoms with E-state index in [0.717, 1.165) is 5.56 Å². The number of carboxylic acid groups (broad SMARTS) is 1. The number of hydrogen-bond donors (Lipinski definition) is 1. The number of benzene rings is 1. The Hall–Kier alpha value is -1.28. The normalized spacial score (nSPS) is 9.62. The lowest BCUT2D eigenvalue weighted by Crippen LogP contribution is -1.99. The van der Waals surface area contributed by atoms with Crippen LogP contribution >= 0.6 is 11.6 Å². The second kappa shape index (κ2) is 4.10. The molecule has 68 valence electrons. The zero-order valence-electron chi connectivity index (χ0n) is 6.96. The van der Waals surface area contributed by atoms with Gasteiger partial charge in [0.25, 0.3) is 0 Å². The van der Waals surface area contributed by atoms with E-state index in [1.165, 1.54) is 6.07 Å². The zero-order chi connectivity index (χ0) is 9.84. The molecule has 0 fully saturated rings. The molecule has 0 unspecified atom stereocenters. The third kappa shape index (κ3) is 2.10. The molecule has 0 atom stereocenters. The van der Waals surface area contributed by atoms with Gasteiger partial charge in [0.2, 0.25) is 0 Å². The van der Waals surface area contributed by atoms with Gasteiger partial charge in [-0.15, -0.1) is 6.58 Å².